The summed E-state index contributed by atoms with van der Waals surface area (Å²) < 4.78 is 0. The summed E-state index contributed by atoms with van der Waals surface area (Å²) in [7, 11) is 0. The first-order chi connectivity index (χ1) is 25.8. The van der Waals surface area contributed by atoms with Gasteiger partial charge in [0.05, 0.1) is 0 Å². The van der Waals surface area contributed by atoms with Gasteiger partial charge < -0.3 is 0 Å². The van der Waals surface area contributed by atoms with E-state index in [2.05, 4.69) is 169 Å². The van der Waals surface area contributed by atoms with Gasteiger partial charge in [-0.05, 0) is 124 Å². The Labute approximate surface area is 302 Å². The molecule has 0 amide bonds. The third-order valence-electron chi connectivity index (χ3n) is 10.2. The summed E-state index contributed by atoms with van der Waals surface area (Å²) in [5.74, 6) is 14.3. The first kappa shape index (κ1) is 29.8. The van der Waals surface area contributed by atoms with Crippen molar-refractivity contribution < 1.29 is 0 Å². The van der Waals surface area contributed by atoms with Crippen LogP contribution in [0.1, 0.15) is 22.3 Å². The van der Waals surface area contributed by atoms with Crippen LogP contribution < -0.4 is 0 Å². The fourth-order valence-corrected chi connectivity index (χ4v) is 7.85. The van der Waals surface area contributed by atoms with E-state index in [0.717, 1.165) is 43.8 Å². The number of hydrogen-bond donors (Lipinski definition) is 0. The SMILES string of the molecule is C(#Cc1c2ccccc2c(-c2c3ccccc3c(C#Cc3ccccc3)c3cc4ccccc4cc23)c2cc3ccccc3cc12)c1ccccc1. The summed E-state index contributed by atoms with van der Waals surface area (Å²) in [5, 5.41) is 14.2. The highest BCUT2D eigenvalue weighted by Crippen LogP contribution is 2.47. The number of hydrogen-bond acceptors (Lipinski definition) is 0. The van der Waals surface area contributed by atoms with Crippen LogP contribution in [-0.4, -0.2) is 0 Å². The smallest absolute Gasteiger partial charge is 0.0406 e. The molecule has 10 aromatic carbocycles. The van der Waals surface area contributed by atoms with Gasteiger partial charge in [-0.1, -0.05) is 157 Å². The van der Waals surface area contributed by atoms with Gasteiger partial charge in [-0.15, -0.1) is 0 Å². The molecule has 10 rings (SSSR count). The van der Waals surface area contributed by atoms with Gasteiger partial charge in [0.1, 0.15) is 0 Å². The monoisotopic (exact) mass is 654 g/mol. The van der Waals surface area contributed by atoms with Crippen LogP contribution in [0.25, 0.3) is 75.8 Å². The van der Waals surface area contributed by atoms with Crippen molar-refractivity contribution in [3.8, 4) is 34.8 Å². The molecule has 0 fully saturated rings. The highest BCUT2D eigenvalue weighted by atomic mass is 14.2. The minimum atomic E-state index is 1.00. The van der Waals surface area contributed by atoms with Gasteiger partial charge in [0.15, 0.2) is 0 Å². The molecule has 0 aliphatic heterocycles. The zero-order valence-electron chi connectivity index (χ0n) is 28.3. The van der Waals surface area contributed by atoms with E-state index in [9.17, 15) is 0 Å². The van der Waals surface area contributed by atoms with E-state index >= 15 is 0 Å². The Balaban J connectivity index is 1.41. The molecule has 0 unspecified atom stereocenters. The zero-order chi connectivity index (χ0) is 34.4. The summed E-state index contributed by atoms with van der Waals surface area (Å²) in [5.41, 5.74) is 6.55. The van der Waals surface area contributed by atoms with E-state index in [1.165, 1.54) is 54.2 Å². The summed E-state index contributed by atoms with van der Waals surface area (Å²) in [6.07, 6.45) is 0. The second kappa shape index (κ2) is 12.3. The highest BCUT2D eigenvalue weighted by Gasteiger charge is 2.21. The second-order valence-electron chi connectivity index (χ2n) is 13.3. The second-order valence-corrected chi connectivity index (χ2v) is 13.3. The number of fused-ring (bicyclic) bond motifs is 6. The van der Waals surface area contributed by atoms with E-state index < -0.39 is 0 Å². The van der Waals surface area contributed by atoms with Gasteiger partial charge in [0.2, 0.25) is 0 Å². The molecule has 0 nitrogen and oxygen atoms in total. The Morgan fingerprint density at radius 3 is 0.923 bits per heavy atom. The molecule has 0 saturated heterocycles. The Kier molecular flexibility index (Phi) is 7.06. The van der Waals surface area contributed by atoms with Crippen molar-refractivity contribution in [2.45, 2.75) is 0 Å². The molecule has 0 heteroatoms. The summed E-state index contributed by atoms with van der Waals surface area (Å²) in [6.45, 7) is 0. The van der Waals surface area contributed by atoms with Gasteiger partial charge in [-0.25, -0.2) is 0 Å². The molecule has 238 valence electrons. The average molecular weight is 655 g/mol. The van der Waals surface area contributed by atoms with Gasteiger partial charge in [-0.3, -0.25) is 0 Å². The summed E-state index contributed by atoms with van der Waals surface area (Å²) >= 11 is 0. The molecule has 52 heavy (non-hydrogen) atoms. The van der Waals surface area contributed by atoms with Crippen molar-refractivity contribution in [3.05, 3.63) is 204 Å². The van der Waals surface area contributed by atoms with E-state index in [1.54, 1.807) is 0 Å². The standard InChI is InChI=1S/C52H30/c1-3-15-35(16-4-1)27-29-43-41-23-11-13-25-45(41)51(49-33-39-21-9-7-19-37(39)31-47(43)49)52-46-26-14-12-24-42(46)44(30-28-36-17-5-2-6-18-36)48-32-38-20-8-10-22-40(38)34-50(48)52/h1-26,31-34H. The van der Waals surface area contributed by atoms with E-state index in [0.29, 0.717) is 0 Å². The van der Waals surface area contributed by atoms with Gasteiger partial charge in [0.25, 0.3) is 0 Å². The first-order valence-corrected chi connectivity index (χ1v) is 17.7. The average Bonchev–Trinajstić information content (AvgIpc) is 3.21. The van der Waals surface area contributed by atoms with E-state index in [1.807, 2.05) is 36.4 Å². The molecule has 0 aliphatic carbocycles. The summed E-state index contributed by atoms with van der Waals surface area (Å²) in [4.78, 5) is 0. The lowest BCUT2D eigenvalue weighted by Gasteiger charge is -2.20. The van der Waals surface area contributed by atoms with Gasteiger partial charge >= 0.3 is 0 Å². The number of rotatable bonds is 1. The third kappa shape index (κ3) is 4.98. The van der Waals surface area contributed by atoms with Crippen molar-refractivity contribution in [1.29, 1.82) is 0 Å². The molecular weight excluding hydrogens is 625 g/mol. The Bertz CT molecular complexity index is 2940. The molecule has 0 aliphatic rings. The highest BCUT2D eigenvalue weighted by molar-refractivity contribution is 6.28. The maximum absolute atomic E-state index is 3.66. The van der Waals surface area contributed by atoms with Crippen molar-refractivity contribution in [1.82, 2.24) is 0 Å². The van der Waals surface area contributed by atoms with Crippen molar-refractivity contribution in [2.75, 3.05) is 0 Å². The van der Waals surface area contributed by atoms with E-state index in [4.69, 9.17) is 0 Å². The van der Waals surface area contributed by atoms with Crippen LogP contribution >= 0.6 is 0 Å². The Morgan fingerprint density at radius 2 is 0.538 bits per heavy atom. The van der Waals surface area contributed by atoms with Crippen molar-refractivity contribution in [3.63, 3.8) is 0 Å². The zero-order valence-corrected chi connectivity index (χ0v) is 28.3. The quantitative estimate of drug-likeness (QED) is 0.122. The molecule has 0 heterocycles. The van der Waals surface area contributed by atoms with E-state index in [-0.39, 0.29) is 0 Å². The fourth-order valence-electron chi connectivity index (χ4n) is 7.85. The maximum atomic E-state index is 3.66. The molecule has 0 spiro atoms. The minimum Gasteiger partial charge on any atom is -0.0622 e. The topological polar surface area (TPSA) is 0 Å². The lowest BCUT2D eigenvalue weighted by atomic mass is 9.82. The predicted octanol–water partition coefficient (Wildman–Crippen LogP) is 13.1. The first-order valence-electron chi connectivity index (χ1n) is 17.7. The third-order valence-corrected chi connectivity index (χ3v) is 10.2. The van der Waals surface area contributed by atoms with Crippen LogP contribution in [-0.2, 0) is 0 Å². The molecule has 0 atom stereocenters. The van der Waals surface area contributed by atoms with Crippen LogP contribution in [0.15, 0.2) is 182 Å². The Morgan fingerprint density at radius 1 is 0.231 bits per heavy atom. The molecule has 0 radical (unpaired) electrons. The largest absolute Gasteiger partial charge is 0.0622 e. The molecule has 0 N–H and O–H groups in total. The molecule has 0 saturated carbocycles. The lowest BCUT2D eigenvalue weighted by molar-refractivity contribution is 1.64. The normalized spacial score (nSPS) is 11.2. The van der Waals surface area contributed by atoms with Crippen molar-refractivity contribution in [2.24, 2.45) is 0 Å². The van der Waals surface area contributed by atoms with Crippen LogP contribution in [0.2, 0.25) is 0 Å². The van der Waals surface area contributed by atoms with Crippen LogP contribution in [0.5, 0.6) is 0 Å². The van der Waals surface area contributed by atoms with Gasteiger partial charge in [0, 0.05) is 22.3 Å². The van der Waals surface area contributed by atoms with Crippen LogP contribution in [0, 0.1) is 23.7 Å². The minimum absolute atomic E-state index is 1.00. The lowest BCUT2D eigenvalue weighted by Crippen LogP contribution is -1.95. The van der Waals surface area contributed by atoms with Crippen molar-refractivity contribution >= 4 is 64.6 Å². The molecule has 0 aromatic heterocycles. The molecule has 10 aromatic rings. The predicted molar refractivity (Wildman–Crippen MR) is 222 cm³/mol. The number of benzene rings is 10. The maximum Gasteiger partial charge on any atom is 0.0406 e. The Hall–Kier alpha value is -7.12. The fraction of sp³-hybridized carbons (Fsp3) is 0. The molecule has 0 bridgehead atoms. The van der Waals surface area contributed by atoms with Gasteiger partial charge in [-0.2, -0.15) is 0 Å². The van der Waals surface area contributed by atoms with Crippen LogP contribution in [0.4, 0.5) is 0 Å². The molecular formula is C52H30. The van der Waals surface area contributed by atoms with Crippen LogP contribution in [0.3, 0.4) is 0 Å². The summed E-state index contributed by atoms with van der Waals surface area (Å²) in [6, 6.07) is 65.0.